The molecular weight excluding hydrogens is 352 g/mol. The van der Waals surface area contributed by atoms with E-state index in [1.165, 1.54) is 11.5 Å². The summed E-state index contributed by atoms with van der Waals surface area (Å²) in [5.41, 5.74) is 0.897. The molecule has 1 aromatic rings. The lowest BCUT2D eigenvalue weighted by molar-refractivity contribution is -0.0255. The highest BCUT2D eigenvalue weighted by Gasteiger charge is 2.39. The van der Waals surface area contributed by atoms with Crippen molar-refractivity contribution in [2.24, 2.45) is 0 Å². The van der Waals surface area contributed by atoms with Crippen LogP contribution in [0.4, 0.5) is 0 Å². The summed E-state index contributed by atoms with van der Waals surface area (Å²) in [6.07, 6.45) is 2.28. The van der Waals surface area contributed by atoms with Crippen LogP contribution in [-0.2, 0) is 4.74 Å². The van der Waals surface area contributed by atoms with Gasteiger partial charge in [0.1, 0.15) is 0 Å². The number of thioether (sulfide) groups is 2. The average molecular weight is 381 g/mol. The van der Waals surface area contributed by atoms with Crippen molar-refractivity contribution in [2.45, 2.75) is 30.2 Å². The van der Waals surface area contributed by atoms with Gasteiger partial charge in [-0.25, -0.2) is 0 Å². The smallest absolute Gasteiger partial charge is 0.252 e. The molecule has 0 spiro atoms. The number of benzene rings is 1. The van der Waals surface area contributed by atoms with Crippen LogP contribution < -0.4 is 5.32 Å². The lowest BCUT2D eigenvalue weighted by Gasteiger charge is -2.48. The number of carbonyl (C=O) groups excluding carboxylic acids is 1. The van der Waals surface area contributed by atoms with Gasteiger partial charge in [-0.1, -0.05) is 19.1 Å². The molecule has 0 atom stereocenters. The van der Waals surface area contributed by atoms with E-state index in [4.69, 9.17) is 4.74 Å². The van der Waals surface area contributed by atoms with E-state index < -0.39 is 0 Å². The van der Waals surface area contributed by atoms with Gasteiger partial charge in [0, 0.05) is 30.1 Å². The molecule has 0 bridgehead atoms. The summed E-state index contributed by atoms with van der Waals surface area (Å²) in [4.78, 5) is 16.5. The topological polar surface area (TPSA) is 41.6 Å². The van der Waals surface area contributed by atoms with Crippen molar-refractivity contribution in [1.29, 1.82) is 0 Å². The van der Waals surface area contributed by atoms with Crippen molar-refractivity contribution >= 4 is 29.4 Å². The van der Waals surface area contributed by atoms with Gasteiger partial charge < -0.3 is 10.1 Å². The Hall–Kier alpha value is -0.690. The number of rotatable bonds is 6. The fraction of sp³-hybridized carbons (Fsp3) is 0.632. The second kappa shape index (κ2) is 9.31. The van der Waals surface area contributed by atoms with E-state index >= 15 is 0 Å². The Labute approximate surface area is 159 Å². The summed E-state index contributed by atoms with van der Waals surface area (Å²) in [7, 11) is 0. The monoisotopic (exact) mass is 380 g/mol. The first-order valence-electron chi connectivity index (χ1n) is 9.16. The number of ether oxygens (including phenoxy) is 1. The SMILES string of the molecule is CCSc1ccccc1C(=O)NCC1(N2CCOCC2)CCSCC1. The molecule has 4 nitrogen and oxygen atoms in total. The minimum atomic E-state index is 0.0578. The van der Waals surface area contributed by atoms with Gasteiger partial charge in [-0.2, -0.15) is 11.8 Å². The maximum Gasteiger partial charge on any atom is 0.252 e. The van der Waals surface area contributed by atoms with E-state index in [0.29, 0.717) is 0 Å². The summed E-state index contributed by atoms with van der Waals surface area (Å²) in [6, 6.07) is 7.93. The number of hydrogen-bond donors (Lipinski definition) is 1. The van der Waals surface area contributed by atoms with E-state index in [9.17, 15) is 4.79 Å². The molecule has 2 aliphatic heterocycles. The van der Waals surface area contributed by atoms with Gasteiger partial charge in [0.25, 0.3) is 5.91 Å². The molecule has 6 heteroatoms. The zero-order valence-corrected chi connectivity index (χ0v) is 16.6. The molecule has 2 heterocycles. The quantitative estimate of drug-likeness (QED) is 0.768. The predicted octanol–water partition coefficient (Wildman–Crippen LogP) is 3.13. The summed E-state index contributed by atoms with van der Waals surface area (Å²) in [6.45, 7) is 6.41. The van der Waals surface area contributed by atoms with Gasteiger partial charge in [-0.15, -0.1) is 11.8 Å². The molecule has 0 aliphatic carbocycles. The van der Waals surface area contributed by atoms with Crippen LogP contribution in [0, 0.1) is 0 Å². The highest BCUT2D eigenvalue weighted by atomic mass is 32.2. The van der Waals surface area contributed by atoms with Crippen molar-refractivity contribution < 1.29 is 9.53 Å². The van der Waals surface area contributed by atoms with Gasteiger partial charge in [0.2, 0.25) is 0 Å². The lowest BCUT2D eigenvalue weighted by atomic mass is 9.89. The molecule has 0 radical (unpaired) electrons. The third-order valence-corrected chi connectivity index (χ3v) is 7.06. The molecule has 138 valence electrons. The van der Waals surface area contributed by atoms with Gasteiger partial charge in [0.15, 0.2) is 0 Å². The zero-order chi connectivity index (χ0) is 17.5. The maximum absolute atomic E-state index is 12.8. The molecule has 2 aliphatic rings. The highest BCUT2D eigenvalue weighted by molar-refractivity contribution is 7.99. The average Bonchev–Trinajstić information content (AvgIpc) is 2.68. The zero-order valence-electron chi connectivity index (χ0n) is 15.0. The first-order valence-corrected chi connectivity index (χ1v) is 11.3. The van der Waals surface area contributed by atoms with Crippen LogP contribution in [0.2, 0.25) is 0 Å². The van der Waals surface area contributed by atoms with E-state index in [2.05, 4.69) is 17.1 Å². The molecule has 1 aromatic carbocycles. The number of amides is 1. The Kier molecular flexibility index (Phi) is 7.10. The van der Waals surface area contributed by atoms with Crippen LogP contribution in [0.1, 0.15) is 30.1 Å². The lowest BCUT2D eigenvalue weighted by Crippen LogP contribution is -2.60. The van der Waals surface area contributed by atoms with Gasteiger partial charge in [0.05, 0.1) is 18.8 Å². The molecule has 2 fully saturated rings. The van der Waals surface area contributed by atoms with Crippen molar-refractivity contribution in [3.8, 4) is 0 Å². The summed E-state index contributed by atoms with van der Waals surface area (Å²) >= 11 is 3.75. The molecule has 2 saturated heterocycles. The number of carbonyl (C=O) groups is 1. The molecule has 1 N–H and O–H groups in total. The van der Waals surface area contributed by atoms with E-state index in [-0.39, 0.29) is 11.4 Å². The van der Waals surface area contributed by atoms with Gasteiger partial charge in [-0.05, 0) is 42.2 Å². The van der Waals surface area contributed by atoms with E-state index in [0.717, 1.165) is 61.9 Å². The molecule has 3 rings (SSSR count). The molecule has 0 unspecified atom stereocenters. The third-order valence-electron chi connectivity index (χ3n) is 5.11. The van der Waals surface area contributed by atoms with Crippen LogP contribution >= 0.6 is 23.5 Å². The number of nitrogens with zero attached hydrogens (tertiary/aromatic N) is 1. The normalized spacial score (nSPS) is 21.0. The van der Waals surface area contributed by atoms with Crippen LogP contribution in [0.15, 0.2) is 29.2 Å². The summed E-state index contributed by atoms with van der Waals surface area (Å²) in [5, 5.41) is 3.26. The largest absolute Gasteiger partial charge is 0.379 e. The Balaban J connectivity index is 1.69. The maximum atomic E-state index is 12.8. The third kappa shape index (κ3) is 4.73. The van der Waals surface area contributed by atoms with Crippen LogP contribution in [0.25, 0.3) is 0 Å². The predicted molar refractivity (Wildman–Crippen MR) is 107 cm³/mol. The van der Waals surface area contributed by atoms with Crippen molar-refractivity contribution in [3.63, 3.8) is 0 Å². The van der Waals surface area contributed by atoms with Crippen molar-refractivity contribution in [2.75, 3.05) is 50.1 Å². The van der Waals surface area contributed by atoms with Crippen LogP contribution in [0.3, 0.4) is 0 Å². The first kappa shape index (κ1) is 19.1. The minimum absolute atomic E-state index is 0.0578. The molecule has 0 aromatic heterocycles. The highest BCUT2D eigenvalue weighted by Crippen LogP contribution is 2.33. The van der Waals surface area contributed by atoms with Crippen LogP contribution in [0.5, 0.6) is 0 Å². The molecule has 25 heavy (non-hydrogen) atoms. The second-order valence-electron chi connectivity index (χ2n) is 6.55. The Morgan fingerprint density at radius 2 is 2.00 bits per heavy atom. The Bertz CT molecular complexity index is 570. The van der Waals surface area contributed by atoms with Gasteiger partial charge in [-0.3, -0.25) is 9.69 Å². The summed E-state index contributed by atoms with van der Waals surface area (Å²) < 4.78 is 5.54. The fourth-order valence-electron chi connectivity index (χ4n) is 3.67. The van der Waals surface area contributed by atoms with E-state index in [1.807, 2.05) is 36.0 Å². The molecule has 0 saturated carbocycles. The summed E-state index contributed by atoms with van der Waals surface area (Å²) in [5.74, 6) is 3.38. The first-order chi connectivity index (χ1) is 12.2. The number of morpholine rings is 1. The van der Waals surface area contributed by atoms with Crippen molar-refractivity contribution in [1.82, 2.24) is 10.2 Å². The molecular formula is C19H28N2O2S2. The standard InChI is InChI=1S/C19H28N2O2S2/c1-2-25-17-6-4-3-5-16(17)18(22)20-15-19(7-13-24-14-8-19)21-9-11-23-12-10-21/h3-6H,2,7-15H2,1H3,(H,20,22). The minimum Gasteiger partial charge on any atom is -0.379 e. The Morgan fingerprint density at radius 1 is 1.28 bits per heavy atom. The van der Waals surface area contributed by atoms with Crippen LogP contribution in [-0.4, -0.2) is 66.5 Å². The number of nitrogens with one attached hydrogen (secondary N) is 1. The number of hydrogen-bond acceptors (Lipinski definition) is 5. The Morgan fingerprint density at radius 3 is 2.72 bits per heavy atom. The second-order valence-corrected chi connectivity index (χ2v) is 9.08. The molecule has 1 amide bonds. The van der Waals surface area contributed by atoms with Gasteiger partial charge >= 0.3 is 0 Å². The van der Waals surface area contributed by atoms with Crippen molar-refractivity contribution in [3.05, 3.63) is 29.8 Å². The fourth-order valence-corrected chi connectivity index (χ4v) is 5.72. The van der Waals surface area contributed by atoms with E-state index in [1.54, 1.807) is 11.8 Å².